The van der Waals surface area contributed by atoms with E-state index in [4.69, 9.17) is 0 Å². The Hall–Kier alpha value is -0.770. The highest BCUT2D eigenvalue weighted by atomic mass is 15.2. The number of rotatable bonds is 4. The minimum atomic E-state index is 0.643. The molecule has 1 saturated carbocycles. The number of hydrogen-bond donors (Lipinski definition) is 2. The van der Waals surface area contributed by atoms with Gasteiger partial charge in [-0.3, -0.25) is 9.89 Å². The number of likely N-dealkylation sites (N-methyl/N-ethyl adjacent to an activating group) is 1. The molecule has 2 fully saturated rings. The van der Waals surface area contributed by atoms with Crippen LogP contribution in [0.3, 0.4) is 0 Å². The Morgan fingerprint density at radius 1 is 1.39 bits per heavy atom. The third kappa shape index (κ3) is 3.61. The SMILES string of the molecule is CCN1CCCCC1CNC(=NC)NC1CC1C. The quantitative estimate of drug-likeness (QED) is 0.587. The first kappa shape index (κ1) is 13.7. The summed E-state index contributed by atoms with van der Waals surface area (Å²) in [6.07, 6.45) is 5.33. The van der Waals surface area contributed by atoms with Crippen LogP contribution in [0.1, 0.15) is 39.5 Å². The van der Waals surface area contributed by atoms with Crippen molar-refractivity contribution in [3.8, 4) is 0 Å². The Balaban J connectivity index is 1.74. The van der Waals surface area contributed by atoms with Crippen molar-refractivity contribution in [3.63, 3.8) is 0 Å². The van der Waals surface area contributed by atoms with Crippen molar-refractivity contribution in [3.05, 3.63) is 0 Å². The van der Waals surface area contributed by atoms with E-state index in [1.807, 2.05) is 7.05 Å². The summed E-state index contributed by atoms with van der Waals surface area (Å²) < 4.78 is 0. The number of nitrogens with zero attached hydrogens (tertiary/aromatic N) is 2. The normalized spacial score (nSPS) is 33.3. The van der Waals surface area contributed by atoms with Crippen LogP contribution < -0.4 is 10.6 Å². The van der Waals surface area contributed by atoms with Crippen molar-refractivity contribution >= 4 is 5.96 Å². The van der Waals surface area contributed by atoms with Gasteiger partial charge < -0.3 is 10.6 Å². The molecule has 1 saturated heterocycles. The first-order chi connectivity index (χ1) is 8.74. The molecule has 104 valence electrons. The van der Waals surface area contributed by atoms with Crippen LogP contribution in [0, 0.1) is 5.92 Å². The molecule has 4 heteroatoms. The number of hydrogen-bond acceptors (Lipinski definition) is 2. The largest absolute Gasteiger partial charge is 0.355 e. The number of nitrogens with one attached hydrogen (secondary N) is 2. The highest BCUT2D eigenvalue weighted by Crippen LogP contribution is 2.28. The lowest BCUT2D eigenvalue weighted by molar-refractivity contribution is 0.157. The first-order valence-corrected chi connectivity index (χ1v) is 7.45. The summed E-state index contributed by atoms with van der Waals surface area (Å²) in [5, 5.41) is 6.98. The lowest BCUT2D eigenvalue weighted by atomic mass is 10.0. The molecule has 4 nitrogen and oxygen atoms in total. The van der Waals surface area contributed by atoms with Gasteiger partial charge in [-0.05, 0) is 38.3 Å². The van der Waals surface area contributed by atoms with Gasteiger partial charge in [0.25, 0.3) is 0 Å². The Bertz CT molecular complexity index is 290. The van der Waals surface area contributed by atoms with Gasteiger partial charge in [0.05, 0.1) is 0 Å². The summed E-state index contributed by atoms with van der Waals surface area (Å²) in [5.74, 6) is 1.79. The zero-order valence-electron chi connectivity index (χ0n) is 12.1. The van der Waals surface area contributed by atoms with Crippen molar-refractivity contribution in [1.82, 2.24) is 15.5 Å². The number of piperidine rings is 1. The average molecular weight is 252 g/mol. The molecule has 2 aliphatic rings. The molecule has 1 aliphatic carbocycles. The third-order valence-electron chi connectivity index (χ3n) is 4.32. The molecule has 1 aliphatic heterocycles. The van der Waals surface area contributed by atoms with E-state index in [1.165, 1.54) is 32.2 Å². The summed E-state index contributed by atoms with van der Waals surface area (Å²) in [7, 11) is 1.86. The van der Waals surface area contributed by atoms with E-state index in [1.54, 1.807) is 0 Å². The van der Waals surface area contributed by atoms with Crippen molar-refractivity contribution in [2.24, 2.45) is 10.9 Å². The highest BCUT2D eigenvalue weighted by molar-refractivity contribution is 5.80. The summed E-state index contributed by atoms with van der Waals surface area (Å²) in [5.41, 5.74) is 0. The van der Waals surface area contributed by atoms with Crippen molar-refractivity contribution in [2.75, 3.05) is 26.7 Å². The van der Waals surface area contributed by atoms with Gasteiger partial charge in [-0.2, -0.15) is 0 Å². The van der Waals surface area contributed by atoms with Crippen molar-refractivity contribution < 1.29 is 0 Å². The predicted molar refractivity (Wildman–Crippen MR) is 77.0 cm³/mol. The van der Waals surface area contributed by atoms with Gasteiger partial charge in [0, 0.05) is 25.7 Å². The Labute approximate surface area is 111 Å². The van der Waals surface area contributed by atoms with E-state index >= 15 is 0 Å². The maximum absolute atomic E-state index is 4.31. The zero-order chi connectivity index (χ0) is 13.0. The maximum atomic E-state index is 4.31. The number of aliphatic imine (C=N–C) groups is 1. The summed E-state index contributed by atoms with van der Waals surface area (Å²) >= 11 is 0. The zero-order valence-corrected chi connectivity index (χ0v) is 12.1. The number of likely N-dealkylation sites (tertiary alicyclic amines) is 1. The molecule has 0 radical (unpaired) electrons. The Morgan fingerprint density at radius 3 is 2.78 bits per heavy atom. The van der Waals surface area contributed by atoms with E-state index in [9.17, 15) is 0 Å². The second-order valence-electron chi connectivity index (χ2n) is 5.70. The fourth-order valence-electron chi connectivity index (χ4n) is 2.82. The molecule has 18 heavy (non-hydrogen) atoms. The fraction of sp³-hybridized carbons (Fsp3) is 0.929. The van der Waals surface area contributed by atoms with Crippen molar-refractivity contribution in [1.29, 1.82) is 0 Å². The monoisotopic (exact) mass is 252 g/mol. The van der Waals surface area contributed by atoms with Crippen LogP contribution in [0.4, 0.5) is 0 Å². The van der Waals surface area contributed by atoms with Gasteiger partial charge in [0.15, 0.2) is 5.96 Å². The molecule has 0 aromatic carbocycles. The van der Waals surface area contributed by atoms with E-state index in [0.717, 1.165) is 25.0 Å². The Morgan fingerprint density at radius 2 is 2.17 bits per heavy atom. The van der Waals surface area contributed by atoms with Crippen LogP contribution >= 0.6 is 0 Å². The van der Waals surface area contributed by atoms with E-state index < -0.39 is 0 Å². The van der Waals surface area contributed by atoms with Crippen LogP contribution in [-0.4, -0.2) is 49.6 Å². The molecule has 0 spiro atoms. The molecule has 0 bridgehead atoms. The van der Waals surface area contributed by atoms with Gasteiger partial charge in [-0.15, -0.1) is 0 Å². The van der Waals surface area contributed by atoms with E-state index in [2.05, 4.69) is 34.4 Å². The fourth-order valence-corrected chi connectivity index (χ4v) is 2.82. The minimum absolute atomic E-state index is 0.643. The van der Waals surface area contributed by atoms with Crippen LogP contribution in [-0.2, 0) is 0 Å². The third-order valence-corrected chi connectivity index (χ3v) is 4.32. The molecule has 3 unspecified atom stereocenters. The summed E-state index contributed by atoms with van der Waals surface area (Å²) in [6, 6.07) is 1.32. The molecule has 0 amide bonds. The second kappa shape index (κ2) is 6.41. The molecular formula is C14H28N4. The van der Waals surface area contributed by atoms with Crippen LogP contribution in [0.15, 0.2) is 4.99 Å². The molecule has 2 N–H and O–H groups in total. The lowest BCUT2D eigenvalue weighted by Gasteiger charge is -2.35. The minimum Gasteiger partial charge on any atom is -0.355 e. The van der Waals surface area contributed by atoms with E-state index in [-0.39, 0.29) is 0 Å². The molecule has 2 rings (SSSR count). The number of guanidine groups is 1. The summed E-state index contributed by atoms with van der Waals surface area (Å²) in [4.78, 5) is 6.90. The van der Waals surface area contributed by atoms with Crippen molar-refractivity contribution in [2.45, 2.75) is 51.6 Å². The molecule has 1 heterocycles. The molecular weight excluding hydrogens is 224 g/mol. The second-order valence-corrected chi connectivity index (χ2v) is 5.70. The van der Waals surface area contributed by atoms with Gasteiger partial charge in [-0.1, -0.05) is 20.3 Å². The molecule has 3 atom stereocenters. The summed E-state index contributed by atoms with van der Waals surface area (Å²) in [6.45, 7) is 7.99. The highest BCUT2D eigenvalue weighted by Gasteiger charge is 2.33. The van der Waals surface area contributed by atoms with Crippen LogP contribution in [0.2, 0.25) is 0 Å². The van der Waals surface area contributed by atoms with Gasteiger partial charge in [-0.25, -0.2) is 0 Å². The molecule has 0 aromatic rings. The Kier molecular flexibility index (Phi) is 4.87. The van der Waals surface area contributed by atoms with Gasteiger partial charge in [0.1, 0.15) is 0 Å². The lowest BCUT2D eigenvalue weighted by Crippen LogP contribution is -2.49. The maximum Gasteiger partial charge on any atom is 0.191 e. The van der Waals surface area contributed by atoms with Gasteiger partial charge >= 0.3 is 0 Å². The predicted octanol–water partition coefficient (Wildman–Crippen LogP) is 1.43. The smallest absolute Gasteiger partial charge is 0.191 e. The topological polar surface area (TPSA) is 39.7 Å². The standard InChI is InChI=1S/C14H28N4/c1-4-18-8-6-5-7-12(18)10-16-14(15-3)17-13-9-11(13)2/h11-13H,4-10H2,1-3H3,(H2,15,16,17). The van der Waals surface area contributed by atoms with E-state index in [0.29, 0.717) is 12.1 Å². The van der Waals surface area contributed by atoms with Crippen LogP contribution in [0.5, 0.6) is 0 Å². The molecule has 0 aromatic heterocycles. The van der Waals surface area contributed by atoms with Crippen LogP contribution in [0.25, 0.3) is 0 Å². The first-order valence-electron chi connectivity index (χ1n) is 7.45. The average Bonchev–Trinajstić information content (AvgIpc) is 3.10. The van der Waals surface area contributed by atoms with Gasteiger partial charge in [0.2, 0.25) is 0 Å².